The van der Waals surface area contributed by atoms with Crippen molar-refractivity contribution in [3.05, 3.63) is 12.2 Å². The van der Waals surface area contributed by atoms with Crippen molar-refractivity contribution < 1.29 is 19.0 Å². The first kappa shape index (κ1) is 31.1. The van der Waals surface area contributed by atoms with Crippen molar-refractivity contribution >= 4 is 5.91 Å². The number of allylic oxidation sites excluding steroid dienone is 2. The van der Waals surface area contributed by atoms with Crippen molar-refractivity contribution in [1.29, 1.82) is 0 Å². The third kappa shape index (κ3) is 27.1. The van der Waals surface area contributed by atoms with Gasteiger partial charge in [-0.15, -0.1) is 0 Å². The fourth-order valence-electron chi connectivity index (χ4n) is 3.43. The summed E-state index contributed by atoms with van der Waals surface area (Å²) in [6.07, 6.45) is 22.9. The molecule has 32 heavy (non-hydrogen) atoms. The van der Waals surface area contributed by atoms with E-state index in [2.05, 4.69) is 24.4 Å². The average Bonchev–Trinajstić information content (AvgIpc) is 2.80. The summed E-state index contributed by atoms with van der Waals surface area (Å²) < 4.78 is 16.1. The lowest BCUT2D eigenvalue weighted by atomic mass is 10.1. The van der Waals surface area contributed by atoms with Gasteiger partial charge in [0.15, 0.2) is 0 Å². The molecule has 0 aromatic carbocycles. The molecule has 1 N–H and O–H groups in total. The molecule has 0 fully saturated rings. The van der Waals surface area contributed by atoms with E-state index in [1.165, 1.54) is 70.6 Å². The van der Waals surface area contributed by atoms with Crippen LogP contribution in [0.5, 0.6) is 0 Å². The van der Waals surface area contributed by atoms with Crippen LogP contribution in [0, 0.1) is 0 Å². The van der Waals surface area contributed by atoms with Gasteiger partial charge in [-0.1, -0.05) is 70.4 Å². The molecule has 0 saturated carbocycles. The first-order valence-electron chi connectivity index (χ1n) is 13.5. The highest BCUT2D eigenvalue weighted by Gasteiger charge is 2.00. The third-order valence-electron chi connectivity index (χ3n) is 5.40. The minimum absolute atomic E-state index is 0.168. The highest BCUT2D eigenvalue weighted by atomic mass is 16.5. The molecular weight excluding hydrogens is 402 g/mol. The maximum absolute atomic E-state index is 11.8. The number of carbonyl (C=O) groups is 1. The molecule has 0 aliphatic rings. The van der Waals surface area contributed by atoms with Gasteiger partial charge in [-0.05, 0) is 45.4 Å². The van der Waals surface area contributed by atoms with Gasteiger partial charge >= 0.3 is 0 Å². The molecule has 0 spiro atoms. The molecule has 0 aliphatic heterocycles. The molecule has 0 radical (unpaired) electrons. The highest BCUT2D eigenvalue weighted by molar-refractivity contribution is 5.75. The van der Waals surface area contributed by atoms with E-state index in [0.717, 1.165) is 25.9 Å². The molecule has 0 aliphatic carbocycles. The van der Waals surface area contributed by atoms with E-state index < -0.39 is 0 Å². The second-order valence-electron chi connectivity index (χ2n) is 8.46. The van der Waals surface area contributed by atoms with Crippen molar-refractivity contribution in [2.45, 2.75) is 110 Å². The average molecular weight is 456 g/mol. The minimum Gasteiger partial charge on any atom is -0.379 e. The zero-order chi connectivity index (χ0) is 23.4. The van der Waals surface area contributed by atoms with Crippen LogP contribution >= 0.6 is 0 Å². The van der Waals surface area contributed by atoms with Crippen molar-refractivity contribution in [3.63, 3.8) is 0 Å². The van der Waals surface area contributed by atoms with E-state index in [4.69, 9.17) is 14.2 Å². The fourth-order valence-corrected chi connectivity index (χ4v) is 3.43. The van der Waals surface area contributed by atoms with Crippen LogP contribution < -0.4 is 5.32 Å². The SMILES string of the molecule is CCCCCCCCC=CCCCCCCCC(=O)NCCCOCCOCCOCC. The Hall–Kier alpha value is -0.910. The molecule has 0 aromatic rings. The second-order valence-corrected chi connectivity index (χ2v) is 8.46. The Kier molecular flexibility index (Phi) is 27.3. The Morgan fingerprint density at radius 3 is 1.78 bits per heavy atom. The van der Waals surface area contributed by atoms with E-state index in [0.29, 0.717) is 46.0 Å². The van der Waals surface area contributed by atoms with E-state index in [1.807, 2.05) is 6.92 Å². The number of rotatable bonds is 26. The highest BCUT2D eigenvalue weighted by Crippen LogP contribution is 2.09. The number of hydrogen-bond acceptors (Lipinski definition) is 4. The molecule has 1 amide bonds. The van der Waals surface area contributed by atoms with Crippen LogP contribution in [0.2, 0.25) is 0 Å². The van der Waals surface area contributed by atoms with Crippen molar-refractivity contribution in [3.8, 4) is 0 Å². The number of hydrogen-bond donors (Lipinski definition) is 1. The standard InChI is InChI=1S/C27H53NO4/c1-3-5-6-7-8-9-10-11-12-13-14-15-16-17-18-20-27(29)28-21-19-22-31-25-26-32-24-23-30-4-2/h11-12H,3-10,13-26H2,1-2H3,(H,28,29). The molecule has 0 rings (SSSR count). The zero-order valence-corrected chi connectivity index (χ0v) is 21.3. The van der Waals surface area contributed by atoms with Gasteiger partial charge in [0.25, 0.3) is 0 Å². The van der Waals surface area contributed by atoms with Crippen LogP contribution in [-0.2, 0) is 19.0 Å². The summed E-state index contributed by atoms with van der Waals surface area (Å²) >= 11 is 0. The first-order valence-corrected chi connectivity index (χ1v) is 13.5. The Morgan fingerprint density at radius 2 is 1.16 bits per heavy atom. The minimum atomic E-state index is 0.168. The Balaban J connectivity index is 3.20. The third-order valence-corrected chi connectivity index (χ3v) is 5.40. The number of unbranched alkanes of at least 4 members (excludes halogenated alkanes) is 11. The lowest BCUT2D eigenvalue weighted by Crippen LogP contribution is -2.25. The van der Waals surface area contributed by atoms with Crippen LogP contribution in [-0.4, -0.2) is 52.1 Å². The number of amides is 1. The monoisotopic (exact) mass is 455 g/mol. The molecule has 5 nitrogen and oxygen atoms in total. The van der Waals surface area contributed by atoms with E-state index in [-0.39, 0.29) is 5.91 Å². The van der Waals surface area contributed by atoms with Crippen molar-refractivity contribution in [1.82, 2.24) is 5.32 Å². The molecule has 0 atom stereocenters. The van der Waals surface area contributed by atoms with Gasteiger partial charge in [0.05, 0.1) is 26.4 Å². The number of ether oxygens (including phenoxy) is 3. The maximum Gasteiger partial charge on any atom is 0.219 e. The van der Waals surface area contributed by atoms with Gasteiger partial charge in [-0.3, -0.25) is 4.79 Å². The quantitative estimate of drug-likeness (QED) is 0.118. The van der Waals surface area contributed by atoms with Gasteiger partial charge in [0.2, 0.25) is 5.91 Å². The van der Waals surface area contributed by atoms with Crippen molar-refractivity contribution in [2.75, 3.05) is 46.2 Å². The topological polar surface area (TPSA) is 56.8 Å². The molecule has 190 valence electrons. The van der Waals surface area contributed by atoms with Gasteiger partial charge < -0.3 is 19.5 Å². The lowest BCUT2D eigenvalue weighted by Gasteiger charge is -2.07. The van der Waals surface area contributed by atoms with E-state index in [9.17, 15) is 4.79 Å². The van der Waals surface area contributed by atoms with Crippen LogP contribution in [0.25, 0.3) is 0 Å². The molecule has 0 aromatic heterocycles. The van der Waals surface area contributed by atoms with Gasteiger partial charge in [0.1, 0.15) is 0 Å². The smallest absolute Gasteiger partial charge is 0.219 e. The molecule has 0 bridgehead atoms. The fraction of sp³-hybridized carbons (Fsp3) is 0.889. The van der Waals surface area contributed by atoms with Gasteiger partial charge in [-0.2, -0.15) is 0 Å². The summed E-state index contributed by atoms with van der Waals surface area (Å²) in [5.41, 5.74) is 0. The summed E-state index contributed by atoms with van der Waals surface area (Å²) in [5, 5.41) is 2.98. The lowest BCUT2D eigenvalue weighted by molar-refractivity contribution is -0.121. The molecule has 5 heteroatoms. The second kappa shape index (κ2) is 28.1. The van der Waals surface area contributed by atoms with Crippen LogP contribution in [0.4, 0.5) is 0 Å². The normalized spacial score (nSPS) is 11.4. The van der Waals surface area contributed by atoms with Crippen molar-refractivity contribution in [2.24, 2.45) is 0 Å². The van der Waals surface area contributed by atoms with Crippen LogP contribution in [0.3, 0.4) is 0 Å². The van der Waals surface area contributed by atoms with Crippen LogP contribution in [0.1, 0.15) is 110 Å². The van der Waals surface area contributed by atoms with Crippen LogP contribution in [0.15, 0.2) is 12.2 Å². The molecule has 0 unspecified atom stereocenters. The van der Waals surface area contributed by atoms with E-state index in [1.54, 1.807) is 0 Å². The number of carbonyl (C=O) groups excluding carboxylic acids is 1. The number of nitrogens with one attached hydrogen (secondary N) is 1. The van der Waals surface area contributed by atoms with Gasteiger partial charge in [-0.25, -0.2) is 0 Å². The van der Waals surface area contributed by atoms with E-state index >= 15 is 0 Å². The summed E-state index contributed by atoms with van der Waals surface area (Å²) in [7, 11) is 0. The molecule has 0 heterocycles. The maximum atomic E-state index is 11.8. The molecule has 0 saturated heterocycles. The Morgan fingerprint density at radius 1 is 0.625 bits per heavy atom. The summed E-state index contributed by atoms with van der Waals surface area (Å²) in [5.74, 6) is 0.168. The summed E-state index contributed by atoms with van der Waals surface area (Å²) in [6, 6.07) is 0. The van der Waals surface area contributed by atoms with Gasteiger partial charge in [0, 0.05) is 26.2 Å². The largest absolute Gasteiger partial charge is 0.379 e. The summed E-state index contributed by atoms with van der Waals surface area (Å²) in [6.45, 7) is 8.75. The Bertz CT molecular complexity index is 401. The predicted molar refractivity (Wildman–Crippen MR) is 135 cm³/mol. The first-order chi connectivity index (χ1) is 15.8. The predicted octanol–water partition coefficient (Wildman–Crippen LogP) is 6.60. The Labute approximate surface area is 199 Å². The summed E-state index contributed by atoms with van der Waals surface area (Å²) in [4.78, 5) is 11.8. The zero-order valence-electron chi connectivity index (χ0n) is 21.3. The molecular formula is C27H53NO4.